The smallest absolute Gasteiger partial charge is 0.252 e. The van der Waals surface area contributed by atoms with Gasteiger partial charge in [-0.05, 0) is 37.1 Å². The quantitative estimate of drug-likeness (QED) is 0.839. The molecule has 0 aliphatic carbocycles. The van der Waals surface area contributed by atoms with E-state index in [4.69, 9.17) is 0 Å². The number of halogens is 1. The van der Waals surface area contributed by atoms with Crippen LogP contribution in [0.2, 0.25) is 0 Å². The number of rotatable bonds is 4. The summed E-state index contributed by atoms with van der Waals surface area (Å²) < 4.78 is 41.0. The van der Waals surface area contributed by atoms with Gasteiger partial charge in [-0.15, -0.1) is 0 Å². The number of hydrogen-bond donors (Lipinski definition) is 0. The van der Waals surface area contributed by atoms with E-state index in [1.165, 1.54) is 20.7 Å². The van der Waals surface area contributed by atoms with E-state index in [0.29, 0.717) is 18.8 Å². The molecular formula is C18H22FN3O2S. The zero-order valence-corrected chi connectivity index (χ0v) is 15.2. The maximum Gasteiger partial charge on any atom is 0.281 e. The van der Waals surface area contributed by atoms with Crippen molar-refractivity contribution in [1.82, 2.24) is 13.6 Å². The maximum absolute atomic E-state index is 13.5. The Kier molecular flexibility index (Phi) is 5.17. The molecule has 0 saturated carbocycles. The fourth-order valence-corrected chi connectivity index (χ4v) is 4.30. The molecule has 0 radical (unpaired) electrons. The van der Waals surface area contributed by atoms with Crippen molar-refractivity contribution in [1.29, 1.82) is 0 Å². The van der Waals surface area contributed by atoms with Gasteiger partial charge in [0, 0.05) is 44.4 Å². The van der Waals surface area contributed by atoms with Crippen LogP contribution in [0.3, 0.4) is 0 Å². The number of pyridine rings is 1. The van der Waals surface area contributed by atoms with Crippen LogP contribution in [0.1, 0.15) is 24.5 Å². The highest BCUT2D eigenvalue weighted by molar-refractivity contribution is 7.86. The Bertz CT molecular complexity index is 855. The van der Waals surface area contributed by atoms with Crippen LogP contribution in [0.25, 0.3) is 11.3 Å². The molecule has 7 heteroatoms. The largest absolute Gasteiger partial charge is 0.281 e. The van der Waals surface area contributed by atoms with Crippen LogP contribution in [0.4, 0.5) is 4.39 Å². The third-order valence-electron chi connectivity index (χ3n) is 4.48. The molecule has 0 amide bonds. The highest BCUT2D eigenvalue weighted by Crippen LogP contribution is 2.29. The van der Waals surface area contributed by atoms with Crippen molar-refractivity contribution in [2.24, 2.45) is 0 Å². The minimum absolute atomic E-state index is 0.0389. The Hall–Kier alpha value is -1.83. The topological polar surface area (TPSA) is 53.5 Å². The first-order valence-electron chi connectivity index (χ1n) is 8.28. The van der Waals surface area contributed by atoms with Crippen LogP contribution in [0.5, 0.6) is 0 Å². The van der Waals surface area contributed by atoms with Gasteiger partial charge in [0.25, 0.3) is 10.2 Å². The van der Waals surface area contributed by atoms with Gasteiger partial charge in [0.05, 0.1) is 5.69 Å². The summed E-state index contributed by atoms with van der Waals surface area (Å²) in [6, 6.07) is 12.0. The molecule has 1 saturated heterocycles. The van der Waals surface area contributed by atoms with Gasteiger partial charge >= 0.3 is 0 Å². The van der Waals surface area contributed by atoms with Crippen molar-refractivity contribution in [3.63, 3.8) is 0 Å². The molecular weight excluding hydrogens is 341 g/mol. The second-order valence-electron chi connectivity index (χ2n) is 6.45. The van der Waals surface area contributed by atoms with Crippen molar-refractivity contribution in [3.05, 3.63) is 54.0 Å². The fraction of sp³-hybridized carbons (Fsp3) is 0.389. The van der Waals surface area contributed by atoms with E-state index < -0.39 is 10.2 Å². The van der Waals surface area contributed by atoms with Gasteiger partial charge in [-0.2, -0.15) is 17.0 Å². The van der Waals surface area contributed by atoms with Gasteiger partial charge < -0.3 is 0 Å². The SMILES string of the molecule is CN(C)S(=O)(=O)N1CCC[C@H](c2cccc(-c3cccc(F)c3)n2)C1. The lowest BCUT2D eigenvalue weighted by molar-refractivity contribution is 0.296. The van der Waals surface area contributed by atoms with E-state index in [0.717, 1.165) is 24.1 Å². The standard InChI is InChI=1S/C18H22FN3O2S/c1-21(2)25(23,24)22-11-5-7-15(13-22)18-10-4-9-17(20-18)14-6-3-8-16(19)12-14/h3-4,6,8-10,12,15H,5,7,11,13H2,1-2H3/t15-/m0/s1. The zero-order chi connectivity index (χ0) is 18.0. The van der Waals surface area contributed by atoms with Crippen molar-refractivity contribution in [2.75, 3.05) is 27.2 Å². The highest BCUT2D eigenvalue weighted by atomic mass is 32.2. The maximum atomic E-state index is 13.5. The van der Waals surface area contributed by atoms with Crippen molar-refractivity contribution in [2.45, 2.75) is 18.8 Å². The fourth-order valence-electron chi connectivity index (χ4n) is 3.11. The van der Waals surface area contributed by atoms with Crippen LogP contribution >= 0.6 is 0 Å². The van der Waals surface area contributed by atoms with Gasteiger partial charge in [-0.25, -0.2) is 4.39 Å². The Morgan fingerprint density at radius 1 is 1.20 bits per heavy atom. The molecule has 1 fully saturated rings. The molecule has 5 nitrogen and oxygen atoms in total. The van der Waals surface area contributed by atoms with E-state index in [2.05, 4.69) is 4.98 Å². The van der Waals surface area contributed by atoms with Crippen LogP contribution in [-0.2, 0) is 10.2 Å². The lowest BCUT2D eigenvalue weighted by Crippen LogP contribution is -2.45. The summed E-state index contributed by atoms with van der Waals surface area (Å²) in [5.74, 6) is -0.261. The number of aromatic nitrogens is 1. The molecule has 1 aliphatic heterocycles. The molecule has 25 heavy (non-hydrogen) atoms. The summed E-state index contributed by atoms with van der Waals surface area (Å²) in [6.07, 6.45) is 1.68. The van der Waals surface area contributed by atoms with E-state index >= 15 is 0 Å². The highest BCUT2D eigenvalue weighted by Gasteiger charge is 2.31. The van der Waals surface area contributed by atoms with Crippen molar-refractivity contribution < 1.29 is 12.8 Å². The van der Waals surface area contributed by atoms with Crippen molar-refractivity contribution >= 4 is 10.2 Å². The van der Waals surface area contributed by atoms with Gasteiger partial charge in [0.15, 0.2) is 0 Å². The van der Waals surface area contributed by atoms with Crippen LogP contribution in [0.15, 0.2) is 42.5 Å². The molecule has 1 aliphatic rings. The molecule has 1 aromatic heterocycles. The van der Waals surface area contributed by atoms with Crippen molar-refractivity contribution in [3.8, 4) is 11.3 Å². The van der Waals surface area contributed by atoms with E-state index in [-0.39, 0.29) is 11.7 Å². The summed E-state index contributed by atoms with van der Waals surface area (Å²) in [5, 5.41) is 0. The van der Waals surface area contributed by atoms with Crippen LogP contribution in [0, 0.1) is 5.82 Å². The van der Waals surface area contributed by atoms with E-state index in [9.17, 15) is 12.8 Å². The third kappa shape index (κ3) is 3.89. The molecule has 2 heterocycles. The lowest BCUT2D eigenvalue weighted by atomic mass is 9.95. The number of piperidine rings is 1. The minimum Gasteiger partial charge on any atom is -0.252 e. The molecule has 3 rings (SSSR count). The molecule has 1 aromatic carbocycles. The Morgan fingerprint density at radius 2 is 1.96 bits per heavy atom. The molecule has 0 spiro atoms. The molecule has 2 aromatic rings. The summed E-state index contributed by atoms with van der Waals surface area (Å²) in [7, 11) is -0.333. The molecule has 134 valence electrons. The molecule has 0 unspecified atom stereocenters. The summed E-state index contributed by atoms with van der Waals surface area (Å²) in [4.78, 5) is 4.67. The number of benzene rings is 1. The summed E-state index contributed by atoms with van der Waals surface area (Å²) in [5.41, 5.74) is 2.26. The predicted octanol–water partition coefficient (Wildman–Crippen LogP) is 2.87. The molecule has 1 atom stereocenters. The second kappa shape index (κ2) is 7.19. The minimum atomic E-state index is -3.42. The van der Waals surface area contributed by atoms with Crippen LogP contribution in [-0.4, -0.2) is 49.2 Å². The second-order valence-corrected chi connectivity index (χ2v) is 8.59. The predicted molar refractivity (Wildman–Crippen MR) is 95.8 cm³/mol. The number of hydrogen-bond acceptors (Lipinski definition) is 3. The zero-order valence-electron chi connectivity index (χ0n) is 14.4. The van der Waals surface area contributed by atoms with E-state index in [1.54, 1.807) is 20.2 Å². The first-order valence-corrected chi connectivity index (χ1v) is 9.68. The first-order chi connectivity index (χ1) is 11.9. The average molecular weight is 363 g/mol. The summed E-state index contributed by atoms with van der Waals surface area (Å²) >= 11 is 0. The van der Waals surface area contributed by atoms with E-state index in [1.807, 2.05) is 24.3 Å². The van der Waals surface area contributed by atoms with Gasteiger partial charge in [0.2, 0.25) is 0 Å². The Morgan fingerprint density at radius 3 is 2.68 bits per heavy atom. The summed E-state index contributed by atoms with van der Waals surface area (Å²) in [6.45, 7) is 0.945. The average Bonchev–Trinajstić information content (AvgIpc) is 2.62. The third-order valence-corrected chi connectivity index (χ3v) is 6.39. The lowest BCUT2D eigenvalue weighted by Gasteiger charge is -2.33. The van der Waals surface area contributed by atoms with Gasteiger partial charge in [-0.3, -0.25) is 4.98 Å². The number of nitrogens with zero attached hydrogens (tertiary/aromatic N) is 3. The van der Waals surface area contributed by atoms with Gasteiger partial charge in [0.1, 0.15) is 5.82 Å². The first kappa shape index (κ1) is 18.0. The molecule has 0 N–H and O–H groups in total. The van der Waals surface area contributed by atoms with Gasteiger partial charge in [-0.1, -0.05) is 18.2 Å². The Labute approximate surface area is 148 Å². The molecule has 0 bridgehead atoms. The normalized spacial score (nSPS) is 19.3. The Balaban J connectivity index is 1.86. The monoisotopic (exact) mass is 363 g/mol. The van der Waals surface area contributed by atoms with Crippen LogP contribution < -0.4 is 0 Å².